The number of halogens is 1. The molecule has 1 saturated heterocycles. The molecule has 7 nitrogen and oxygen atoms in total. The minimum atomic E-state index is -0.268. The molecule has 2 aliphatic heterocycles. The van der Waals surface area contributed by atoms with Gasteiger partial charge in [-0.2, -0.15) is 0 Å². The quantitative estimate of drug-likeness (QED) is 0.675. The second-order valence-corrected chi connectivity index (χ2v) is 6.64. The van der Waals surface area contributed by atoms with Crippen LogP contribution >= 0.6 is 11.6 Å². The lowest BCUT2D eigenvalue weighted by Crippen LogP contribution is -2.45. The fourth-order valence-electron chi connectivity index (χ4n) is 3.17. The Morgan fingerprint density at radius 1 is 1.32 bits per heavy atom. The second-order valence-electron chi connectivity index (χ2n) is 6.20. The molecule has 4 N–H and O–H groups in total. The molecule has 8 heteroatoms. The van der Waals surface area contributed by atoms with Crippen LogP contribution in [-0.4, -0.2) is 34.7 Å². The first-order chi connectivity index (χ1) is 12.2. The number of amides is 1. The zero-order chi connectivity index (χ0) is 17.2. The van der Waals surface area contributed by atoms with Gasteiger partial charge in [0.15, 0.2) is 0 Å². The highest BCUT2D eigenvalue weighted by Crippen LogP contribution is 2.27. The zero-order valence-electron chi connectivity index (χ0n) is 13.6. The number of allylic oxidation sites excluding steroid dienone is 1. The normalized spacial score (nSPS) is 23.6. The molecule has 2 aromatic heterocycles. The summed E-state index contributed by atoms with van der Waals surface area (Å²) in [6, 6.07) is 1.64. The van der Waals surface area contributed by atoms with E-state index in [1.165, 1.54) is 0 Å². The molecule has 0 saturated carbocycles. The molecule has 25 heavy (non-hydrogen) atoms. The van der Waals surface area contributed by atoms with Gasteiger partial charge in [0.25, 0.3) is 0 Å². The molecule has 2 aromatic rings. The van der Waals surface area contributed by atoms with Crippen molar-refractivity contribution in [3.05, 3.63) is 40.9 Å². The summed E-state index contributed by atoms with van der Waals surface area (Å²) in [6.07, 6.45) is 9.67. The van der Waals surface area contributed by atoms with E-state index in [1.54, 1.807) is 12.4 Å². The third-order valence-corrected chi connectivity index (χ3v) is 4.66. The van der Waals surface area contributed by atoms with Crippen LogP contribution in [0.15, 0.2) is 35.3 Å². The third kappa shape index (κ3) is 3.32. The van der Waals surface area contributed by atoms with Gasteiger partial charge >= 0.3 is 0 Å². The smallest absolute Gasteiger partial charge is 0.242 e. The summed E-state index contributed by atoms with van der Waals surface area (Å²) < 4.78 is 0. The van der Waals surface area contributed by atoms with Crippen molar-refractivity contribution in [2.24, 2.45) is 4.99 Å². The fraction of sp³-hybridized carbons (Fsp3) is 0.353. The summed E-state index contributed by atoms with van der Waals surface area (Å²) in [5, 5.41) is 11.1. The summed E-state index contributed by atoms with van der Waals surface area (Å²) in [7, 11) is 0. The van der Waals surface area contributed by atoms with Gasteiger partial charge in [0.05, 0.1) is 5.02 Å². The Morgan fingerprint density at radius 3 is 3.16 bits per heavy atom. The summed E-state index contributed by atoms with van der Waals surface area (Å²) in [4.78, 5) is 24.0. The lowest BCUT2D eigenvalue weighted by Gasteiger charge is -2.25. The molecule has 130 valence electrons. The first-order valence-electron chi connectivity index (χ1n) is 8.37. The summed E-state index contributed by atoms with van der Waals surface area (Å²) in [6.45, 7) is 0.747. The standard InChI is InChI=1S/C17H19ClN6O/c18-10-7-11-12(9-22-15(11)21-8-10)16-19-6-4-14(24-16)23-13-3-1-2-5-20-17(13)25/h4,6-9,13,16,23-24H,1-3,5H2,(H,20,25)(H,21,22)/t13-,16?/m0/s1. The number of hydrogen-bond donors (Lipinski definition) is 4. The number of aliphatic imine (C=N–C) groups is 1. The van der Waals surface area contributed by atoms with Crippen molar-refractivity contribution in [1.29, 1.82) is 0 Å². The van der Waals surface area contributed by atoms with Gasteiger partial charge in [0.1, 0.15) is 23.7 Å². The molecule has 2 atom stereocenters. The van der Waals surface area contributed by atoms with Gasteiger partial charge in [0.2, 0.25) is 5.91 Å². The molecular weight excluding hydrogens is 340 g/mol. The van der Waals surface area contributed by atoms with Gasteiger partial charge in [0, 0.05) is 36.1 Å². The zero-order valence-corrected chi connectivity index (χ0v) is 14.3. The maximum atomic E-state index is 12.1. The maximum Gasteiger partial charge on any atom is 0.242 e. The number of hydrogen-bond acceptors (Lipinski definition) is 5. The number of carbonyl (C=O) groups is 1. The fourth-order valence-corrected chi connectivity index (χ4v) is 3.33. The number of aromatic nitrogens is 2. The van der Waals surface area contributed by atoms with Gasteiger partial charge in [-0.1, -0.05) is 11.6 Å². The van der Waals surface area contributed by atoms with E-state index in [-0.39, 0.29) is 18.1 Å². The van der Waals surface area contributed by atoms with E-state index < -0.39 is 0 Å². The summed E-state index contributed by atoms with van der Waals surface area (Å²) in [5.41, 5.74) is 1.72. The van der Waals surface area contributed by atoms with Crippen molar-refractivity contribution in [3.8, 4) is 0 Å². The van der Waals surface area contributed by atoms with E-state index in [2.05, 4.69) is 30.9 Å². The number of H-pyrrole nitrogens is 1. The minimum Gasteiger partial charge on any atom is -0.360 e. The van der Waals surface area contributed by atoms with Crippen LogP contribution in [0.25, 0.3) is 11.0 Å². The molecule has 1 amide bonds. The van der Waals surface area contributed by atoms with Crippen molar-refractivity contribution >= 4 is 34.8 Å². The van der Waals surface area contributed by atoms with Gasteiger partial charge in [-0.25, -0.2) is 4.98 Å². The lowest BCUT2D eigenvalue weighted by molar-refractivity contribution is -0.122. The predicted octanol–water partition coefficient (Wildman–Crippen LogP) is 1.99. The SMILES string of the molecule is O=C1NCCCC[C@@H]1NC1=CC=NC(c2c[nH]c3ncc(Cl)cc23)N1. The Bertz CT molecular complexity index is 858. The third-order valence-electron chi connectivity index (χ3n) is 4.46. The van der Waals surface area contributed by atoms with Crippen molar-refractivity contribution < 1.29 is 4.79 Å². The van der Waals surface area contributed by atoms with E-state index >= 15 is 0 Å². The molecule has 1 fully saturated rings. The van der Waals surface area contributed by atoms with E-state index in [9.17, 15) is 4.79 Å². The second kappa shape index (κ2) is 6.76. The Labute approximate surface area is 149 Å². The summed E-state index contributed by atoms with van der Waals surface area (Å²) in [5.74, 6) is 0.828. The van der Waals surface area contributed by atoms with Crippen LogP contribution in [0.1, 0.15) is 31.0 Å². The molecule has 0 aliphatic carbocycles. The van der Waals surface area contributed by atoms with Crippen LogP contribution in [0.5, 0.6) is 0 Å². The van der Waals surface area contributed by atoms with E-state index in [0.29, 0.717) is 5.02 Å². The number of aromatic amines is 1. The average molecular weight is 359 g/mol. The van der Waals surface area contributed by atoms with Gasteiger partial charge in [-0.05, 0) is 31.4 Å². The molecular formula is C17H19ClN6O. The number of rotatable bonds is 3. The van der Waals surface area contributed by atoms with E-state index in [1.807, 2.05) is 18.3 Å². The maximum absolute atomic E-state index is 12.1. The van der Waals surface area contributed by atoms with Crippen LogP contribution in [-0.2, 0) is 4.79 Å². The lowest BCUT2D eigenvalue weighted by atomic mass is 10.1. The Kier molecular flexibility index (Phi) is 4.31. The monoisotopic (exact) mass is 358 g/mol. The average Bonchev–Trinajstić information content (AvgIpc) is 2.93. The van der Waals surface area contributed by atoms with Crippen LogP contribution < -0.4 is 16.0 Å². The molecule has 2 aliphatic rings. The Hall–Kier alpha value is -2.54. The van der Waals surface area contributed by atoms with Crippen LogP contribution in [0.4, 0.5) is 0 Å². The van der Waals surface area contributed by atoms with Crippen molar-refractivity contribution in [2.45, 2.75) is 31.5 Å². The minimum absolute atomic E-state index is 0.0438. The molecule has 1 unspecified atom stereocenters. The molecule has 0 aromatic carbocycles. The topological polar surface area (TPSA) is 94.2 Å². The Morgan fingerprint density at radius 2 is 2.24 bits per heavy atom. The van der Waals surface area contributed by atoms with Crippen molar-refractivity contribution in [1.82, 2.24) is 25.9 Å². The van der Waals surface area contributed by atoms with Crippen LogP contribution in [0, 0.1) is 0 Å². The largest absolute Gasteiger partial charge is 0.360 e. The van der Waals surface area contributed by atoms with E-state index in [0.717, 1.165) is 48.2 Å². The van der Waals surface area contributed by atoms with Gasteiger partial charge < -0.3 is 20.9 Å². The van der Waals surface area contributed by atoms with Gasteiger partial charge in [-0.15, -0.1) is 0 Å². The van der Waals surface area contributed by atoms with Crippen LogP contribution in [0.2, 0.25) is 5.02 Å². The molecule has 0 radical (unpaired) electrons. The number of nitrogens with one attached hydrogen (secondary N) is 4. The van der Waals surface area contributed by atoms with Crippen LogP contribution in [0.3, 0.4) is 0 Å². The van der Waals surface area contributed by atoms with E-state index in [4.69, 9.17) is 11.6 Å². The molecule has 0 spiro atoms. The highest BCUT2D eigenvalue weighted by molar-refractivity contribution is 6.31. The van der Waals surface area contributed by atoms with Crippen molar-refractivity contribution in [3.63, 3.8) is 0 Å². The molecule has 4 rings (SSSR count). The summed E-state index contributed by atoms with van der Waals surface area (Å²) >= 11 is 6.07. The molecule has 0 bridgehead atoms. The molecule has 4 heterocycles. The number of nitrogens with zero attached hydrogens (tertiary/aromatic N) is 2. The van der Waals surface area contributed by atoms with Crippen molar-refractivity contribution in [2.75, 3.05) is 6.54 Å². The first kappa shape index (κ1) is 16.0. The Balaban J connectivity index is 1.52. The number of fused-ring (bicyclic) bond motifs is 1. The highest BCUT2D eigenvalue weighted by atomic mass is 35.5. The van der Waals surface area contributed by atoms with Gasteiger partial charge in [-0.3, -0.25) is 9.79 Å². The first-order valence-corrected chi connectivity index (χ1v) is 8.75. The highest BCUT2D eigenvalue weighted by Gasteiger charge is 2.24. The predicted molar refractivity (Wildman–Crippen MR) is 97.3 cm³/mol. The number of pyridine rings is 1. The number of carbonyl (C=O) groups excluding carboxylic acids is 1.